The normalized spacial score (nSPS) is 14.9. The van der Waals surface area contributed by atoms with E-state index in [1.807, 2.05) is 12.3 Å². The Balaban J connectivity index is 1.83. The van der Waals surface area contributed by atoms with Crippen molar-refractivity contribution in [3.63, 3.8) is 0 Å². The van der Waals surface area contributed by atoms with Gasteiger partial charge in [0.2, 0.25) is 5.91 Å². The van der Waals surface area contributed by atoms with Crippen LogP contribution in [0.25, 0.3) is 10.2 Å². The van der Waals surface area contributed by atoms with Crippen molar-refractivity contribution in [2.45, 2.75) is 39.2 Å². The fourth-order valence-corrected chi connectivity index (χ4v) is 3.57. The van der Waals surface area contributed by atoms with E-state index in [1.165, 1.54) is 28.7 Å². The topological polar surface area (TPSA) is 55.2 Å². The summed E-state index contributed by atoms with van der Waals surface area (Å²) in [4.78, 5) is 31.7. The Labute approximate surface area is 132 Å². The molecule has 0 aromatic carbocycles. The van der Waals surface area contributed by atoms with Crippen LogP contribution in [0, 0.1) is 0 Å². The lowest BCUT2D eigenvalue weighted by Gasteiger charge is -2.26. The molecule has 1 aliphatic carbocycles. The molecule has 0 N–H and O–H groups in total. The van der Waals surface area contributed by atoms with Gasteiger partial charge < -0.3 is 4.90 Å². The van der Waals surface area contributed by atoms with E-state index in [1.54, 1.807) is 11.0 Å². The number of carbonyl (C=O) groups is 1. The van der Waals surface area contributed by atoms with Crippen LogP contribution in [0.3, 0.4) is 0 Å². The number of hydrogen-bond donors (Lipinski definition) is 0. The third-order valence-corrected chi connectivity index (χ3v) is 4.81. The van der Waals surface area contributed by atoms with E-state index in [2.05, 4.69) is 11.1 Å². The number of aromatic nitrogens is 2. The zero-order valence-corrected chi connectivity index (χ0v) is 13.4. The van der Waals surface area contributed by atoms with Gasteiger partial charge in [-0.25, -0.2) is 4.98 Å². The third kappa shape index (κ3) is 2.83. The molecular weight excluding hydrogens is 298 g/mol. The largest absolute Gasteiger partial charge is 0.315 e. The molecule has 1 aliphatic rings. The van der Waals surface area contributed by atoms with Crippen LogP contribution in [-0.2, 0) is 11.3 Å². The number of amides is 1. The van der Waals surface area contributed by atoms with Gasteiger partial charge in [0.25, 0.3) is 5.56 Å². The van der Waals surface area contributed by atoms with Crippen LogP contribution in [-0.4, -0.2) is 26.9 Å². The summed E-state index contributed by atoms with van der Waals surface area (Å²) in [6.45, 7) is 2.65. The molecule has 2 aromatic rings. The molecule has 0 spiro atoms. The molecule has 0 atom stereocenters. The summed E-state index contributed by atoms with van der Waals surface area (Å²) in [6, 6.07) is 1.76. The van der Waals surface area contributed by atoms with Crippen LogP contribution >= 0.6 is 11.3 Å². The van der Waals surface area contributed by atoms with Gasteiger partial charge in [0, 0.05) is 12.2 Å². The fourth-order valence-electron chi connectivity index (χ4n) is 2.84. The summed E-state index contributed by atoms with van der Waals surface area (Å²) in [7, 11) is 0. The maximum absolute atomic E-state index is 12.6. The summed E-state index contributed by atoms with van der Waals surface area (Å²) in [5.74, 6) is -0.0471. The van der Waals surface area contributed by atoms with Crippen LogP contribution in [0.15, 0.2) is 34.3 Å². The predicted molar refractivity (Wildman–Crippen MR) is 87.8 cm³/mol. The molecule has 6 heteroatoms. The Morgan fingerprint density at radius 1 is 1.45 bits per heavy atom. The van der Waals surface area contributed by atoms with Crippen molar-refractivity contribution in [1.82, 2.24) is 14.5 Å². The minimum absolute atomic E-state index is 0.0444. The molecule has 0 saturated heterocycles. The van der Waals surface area contributed by atoms with E-state index in [4.69, 9.17) is 0 Å². The van der Waals surface area contributed by atoms with Crippen molar-refractivity contribution >= 4 is 27.5 Å². The number of thiophene rings is 1. The van der Waals surface area contributed by atoms with Crippen molar-refractivity contribution in [1.29, 1.82) is 0 Å². The van der Waals surface area contributed by atoms with Crippen LogP contribution in [0.1, 0.15) is 32.6 Å². The number of fused-ring (bicyclic) bond motifs is 1. The van der Waals surface area contributed by atoms with E-state index in [0.717, 1.165) is 29.8 Å². The van der Waals surface area contributed by atoms with Gasteiger partial charge in [-0.05, 0) is 44.1 Å². The average Bonchev–Trinajstić information content (AvgIpc) is 3.01. The zero-order valence-electron chi connectivity index (χ0n) is 12.6. The van der Waals surface area contributed by atoms with Crippen molar-refractivity contribution < 1.29 is 4.79 Å². The number of rotatable bonds is 4. The van der Waals surface area contributed by atoms with Crippen molar-refractivity contribution in [2.24, 2.45) is 0 Å². The lowest BCUT2D eigenvalue weighted by molar-refractivity contribution is -0.130. The first-order valence-electron chi connectivity index (χ1n) is 7.62. The number of allylic oxidation sites excluding steroid dienone is 2. The van der Waals surface area contributed by atoms with Gasteiger partial charge in [-0.15, -0.1) is 11.3 Å². The summed E-state index contributed by atoms with van der Waals surface area (Å²) >= 11 is 1.43. The van der Waals surface area contributed by atoms with Gasteiger partial charge in [0.1, 0.15) is 11.4 Å². The van der Waals surface area contributed by atoms with Gasteiger partial charge in [-0.2, -0.15) is 0 Å². The molecule has 116 valence electrons. The number of nitrogens with zero attached hydrogens (tertiary/aromatic N) is 3. The Bertz CT molecular complexity index is 775. The maximum atomic E-state index is 12.6. The Hall–Kier alpha value is -1.95. The van der Waals surface area contributed by atoms with Gasteiger partial charge in [0.05, 0.1) is 11.7 Å². The minimum atomic E-state index is -0.145. The fraction of sp³-hybridized carbons (Fsp3) is 0.438. The molecule has 0 bridgehead atoms. The maximum Gasteiger partial charge on any atom is 0.262 e. The first-order valence-corrected chi connectivity index (χ1v) is 8.50. The molecule has 22 heavy (non-hydrogen) atoms. The first kappa shape index (κ1) is 15.0. The quantitative estimate of drug-likeness (QED) is 0.871. The molecular formula is C16H19N3O2S. The Morgan fingerprint density at radius 2 is 2.32 bits per heavy atom. The molecule has 2 heterocycles. The summed E-state index contributed by atoms with van der Waals surface area (Å²) in [5.41, 5.74) is 0.949. The second-order valence-electron chi connectivity index (χ2n) is 5.40. The molecule has 0 fully saturated rings. The van der Waals surface area contributed by atoms with Gasteiger partial charge >= 0.3 is 0 Å². The molecule has 3 rings (SSSR count). The Morgan fingerprint density at radius 3 is 3.05 bits per heavy atom. The van der Waals surface area contributed by atoms with E-state index in [9.17, 15) is 9.59 Å². The third-order valence-electron chi connectivity index (χ3n) is 3.99. The SMILES string of the molecule is CCN(C(=O)Cn1cnc2sccc2c1=O)C1=CCCCC1. The molecule has 0 unspecified atom stereocenters. The molecule has 1 amide bonds. The van der Waals surface area contributed by atoms with E-state index >= 15 is 0 Å². The van der Waals surface area contributed by atoms with E-state index in [0.29, 0.717) is 11.9 Å². The lowest BCUT2D eigenvalue weighted by Crippen LogP contribution is -2.36. The highest BCUT2D eigenvalue weighted by Gasteiger charge is 2.19. The van der Waals surface area contributed by atoms with Gasteiger partial charge in [0.15, 0.2) is 0 Å². The highest BCUT2D eigenvalue weighted by atomic mass is 32.1. The van der Waals surface area contributed by atoms with E-state index < -0.39 is 0 Å². The first-order chi connectivity index (χ1) is 10.7. The van der Waals surface area contributed by atoms with Crippen molar-refractivity contribution in [3.8, 4) is 0 Å². The van der Waals surface area contributed by atoms with Crippen LogP contribution in [0.2, 0.25) is 0 Å². The molecule has 0 radical (unpaired) electrons. The van der Waals surface area contributed by atoms with Gasteiger partial charge in [-0.3, -0.25) is 14.2 Å². The smallest absolute Gasteiger partial charge is 0.262 e. The highest BCUT2D eigenvalue weighted by Crippen LogP contribution is 2.21. The minimum Gasteiger partial charge on any atom is -0.315 e. The summed E-state index contributed by atoms with van der Waals surface area (Å²) in [5, 5.41) is 2.43. The van der Waals surface area contributed by atoms with Gasteiger partial charge in [-0.1, -0.05) is 6.08 Å². The van der Waals surface area contributed by atoms with E-state index in [-0.39, 0.29) is 18.0 Å². The van der Waals surface area contributed by atoms with Crippen molar-refractivity contribution in [2.75, 3.05) is 6.54 Å². The predicted octanol–water partition coefficient (Wildman–Crippen LogP) is 2.76. The second-order valence-corrected chi connectivity index (χ2v) is 6.29. The Kier molecular flexibility index (Phi) is 4.38. The summed E-state index contributed by atoms with van der Waals surface area (Å²) < 4.78 is 1.41. The van der Waals surface area contributed by atoms with Crippen LogP contribution in [0.4, 0.5) is 0 Å². The van der Waals surface area contributed by atoms with Crippen molar-refractivity contribution in [3.05, 3.63) is 39.9 Å². The number of likely N-dealkylation sites (N-methyl/N-ethyl adjacent to an activating group) is 1. The monoisotopic (exact) mass is 317 g/mol. The molecule has 5 nitrogen and oxygen atoms in total. The molecule has 0 saturated carbocycles. The molecule has 0 aliphatic heterocycles. The summed E-state index contributed by atoms with van der Waals surface area (Å²) in [6.07, 6.45) is 7.90. The zero-order chi connectivity index (χ0) is 15.5. The lowest BCUT2D eigenvalue weighted by atomic mass is 10.0. The van der Waals surface area contributed by atoms with Crippen LogP contribution in [0.5, 0.6) is 0 Å². The average molecular weight is 317 g/mol. The second kappa shape index (κ2) is 6.44. The van der Waals surface area contributed by atoms with Crippen LogP contribution < -0.4 is 5.56 Å². The highest BCUT2D eigenvalue weighted by molar-refractivity contribution is 7.16. The standard InChI is InChI=1S/C16H19N3O2S/c1-2-19(12-6-4-3-5-7-12)14(20)10-18-11-17-15-13(16(18)21)8-9-22-15/h6,8-9,11H,2-5,7,10H2,1H3. The number of hydrogen-bond acceptors (Lipinski definition) is 4. The molecule has 2 aromatic heterocycles. The number of carbonyl (C=O) groups excluding carboxylic acids is 1.